The molecule has 7 nitrogen and oxygen atoms in total. The van der Waals surface area contributed by atoms with E-state index >= 15 is 0 Å². The maximum absolute atomic E-state index is 4.90. The SMILES string of the molecule is CCNC(=NCCCCN1CCCCC1C)N1CCN(c2ncccn2)CC1.I. The second-order valence-electron chi connectivity index (χ2n) is 7.85. The fraction of sp³-hybridized carbons (Fsp3) is 0.762. The molecule has 2 fully saturated rings. The van der Waals surface area contributed by atoms with Crippen LogP contribution in [0.5, 0.6) is 0 Å². The Hall–Kier alpha value is -1.16. The summed E-state index contributed by atoms with van der Waals surface area (Å²) in [6.07, 6.45) is 10.2. The highest BCUT2D eigenvalue weighted by Crippen LogP contribution is 2.16. The highest BCUT2D eigenvalue weighted by molar-refractivity contribution is 14.0. The molecule has 164 valence electrons. The van der Waals surface area contributed by atoms with Gasteiger partial charge >= 0.3 is 0 Å². The molecule has 0 bridgehead atoms. The number of aliphatic imine (C=N–C) groups is 1. The molecule has 0 aliphatic carbocycles. The van der Waals surface area contributed by atoms with E-state index in [2.05, 4.69) is 43.8 Å². The van der Waals surface area contributed by atoms with E-state index in [1.54, 1.807) is 0 Å². The van der Waals surface area contributed by atoms with Crippen LogP contribution in [-0.4, -0.2) is 84.1 Å². The lowest BCUT2D eigenvalue weighted by Crippen LogP contribution is -2.53. The van der Waals surface area contributed by atoms with E-state index < -0.39 is 0 Å². The Morgan fingerprint density at radius 3 is 2.55 bits per heavy atom. The molecular formula is C21H38IN7. The van der Waals surface area contributed by atoms with Gasteiger partial charge in [-0.3, -0.25) is 4.99 Å². The molecule has 3 rings (SSSR count). The van der Waals surface area contributed by atoms with Gasteiger partial charge in [0.15, 0.2) is 5.96 Å². The van der Waals surface area contributed by atoms with Crippen LogP contribution in [0.1, 0.15) is 46.0 Å². The molecule has 1 unspecified atom stereocenters. The number of piperidine rings is 1. The van der Waals surface area contributed by atoms with Gasteiger partial charge in [-0.1, -0.05) is 6.42 Å². The van der Waals surface area contributed by atoms with Gasteiger partial charge in [0.1, 0.15) is 0 Å². The van der Waals surface area contributed by atoms with Gasteiger partial charge in [0.2, 0.25) is 5.95 Å². The normalized spacial score (nSPS) is 21.0. The number of likely N-dealkylation sites (tertiary alicyclic amines) is 1. The molecule has 29 heavy (non-hydrogen) atoms. The van der Waals surface area contributed by atoms with Crippen LogP contribution < -0.4 is 10.2 Å². The summed E-state index contributed by atoms with van der Waals surface area (Å²) in [7, 11) is 0. The fourth-order valence-electron chi connectivity index (χ4n) is 4.10. The van der Waals surface area contributed by atoms with Gasteiger partial charge < -0.3 is 20.0 Å². The molecule has 2 saturated heterocycles. The largest absolute Gasteiger partial charge is 0.357 e. The van der Waals surface area contributed by atoms with E-state index in [-0.39, 0.29) is 24.0 Å². The number of unbranched alkanes of at least 4 members (excludes halogenated alkanes) is 1. The predicted molar refractivity (Wildman–Crippen MR) is 131 cm³/mol. The molecule has 0 spiro atoms. The number of hydrogen-bond donors (Lipinski definition) is 1. The van der Waals surface area contributed by atoms with Gasteiger partial charge in [0.25, 0.3) is 0 Å². The first-order valence-corrected chi connectivity index (χ1v) is 11.1. The van der Waals surface area contributed by atoms with Crippen LogP contribution in [0, 0.1) is 0 Å². The second kappa shape index (κ2) is 13.2. The van der Waals surface area contributed by atoms with E-state index in [0.717, 1.165) is 63.6 Å². The lowest BCUT2D eigenvalue weighted by atomic mass is 10.0. The Bertz CT molecular complexity index is 590. The van der Waals surface area contributed by atoms with Crippen molar-refractivity contribution in [2.75, 3.05) is 57.3 Å². The summed E-state index contributed by atoms with van der Waals surface area (Å²) >= 11 is 0. The topological polar surface area (TPSA) is 59.9 Å². The summed E-state index contributed by atoms with van der Waals surface area (Å²) < 4.78 is 0. The summed E-state index contributed by atoms with van der Waals surface area (Å²) in [6.45, 7) is 12.6. The first kappa shape index (κ1) is 24.1. The van der Waals surface area contributed by atoms with E-state index in [0.29, 0.717) is 0 Å². The van der Waals surface area contributed by atoms with Crippen LogP contribution in [0.4, 0.5) is 5.95 Å². The van der Waals surface area contributed by atoms with Gasteiger partial charge in [0, 0.05) is 57.7 Å². The Labute approximate surface area is 193 Å². The van der Waals surface area contributed by atoms with Crippen molar-refractivity contribution >= 4 is 35.9 Å². The molecule has 2 aliphatic heterocycles. The standard InChI is InChI=1S/C21H37N7.HI/c1-3-22-20(23-10-5-7-14-26-13-6-4-9-19(26)2)27-15-17-28(18-16-27)21-24-11-8-12-25-21;/h8,11-12,19H,3-7,9-10,13-18H2,1-2H3,(H,22,23);1H. The van der Waals surface area contributed by atoms with Gasteiger partial charge in [-0.05, 0) is 58.7 Å². The fourth-order valence-corrected chi connectivity index (χ4v) is 4.10. The molecule has 0 radical (unpaired) electrons. The smallest absolute Gasteiger partial charge is 0.225 e. The second-order valence-corrected chi connectivity index (χ2v) is 7.85. The van der Waals surface area contributed by atoms with Gasteiger partial charge in [-0.2, -0.15) is 0 Å². The van der Waals surface area contributed by atoms with Crippen molar-refractivity contribution in [1.29, 1.82) is 0 Å². The minimum Gasteiger partial charge on any atom is -0.357 e. The van der Waals surface area contributed by atoms with E-state index in [1.807, 2.05) is 18.5 Å². The number of nitrogens with one attached hydrogen (secondary N) is 1. The molecule has 2 aliphatic rings. The van der Waals surface area contributed by atoms with E-state index in [1.165, 1.54) is 38.8 Å². The van der Waals surface area contributed by atoms with E-state index in [4.69, 9.17) is 4.99 Å². The summed E-state index contributed by atoms with van der Waals surface area (Å²) in [4.78, 5) is 20.9. The maximum Gasteiger partial charge on any atom is 0.225 e. The van der Waals surface area contributed by atoms with Crippen molar-refractivity contribution in [2.45, 2.75) is 52.0 Å². The maximum atomic E-state index is 4.90. The Morgan fingerprint density at radius 2 is 1.86 bits per heavy atom. The van der Waals surface area contributed by atoms with Crippen molar-refractivity contribution in [3.05, 3.63) is 18.5 Å². The highest BCUT2D eigenvalue weighted by Gasteiger charge is 2.21. The summed E-state index contributed by atoms with van der Waals surface area (Å²) in [5.41, 5.74) is 0. The number of hydrogen-bond acceptors (Lipinski definition) is 5. The summed E-state index contributed by atoms with van der Waals surface area (Å²) in [5, 5.41) is 3.47. The number of aromatic nitrogens is 2. The number of guanidine groups is 1. The molecule has 1 N–H and O–H groups in total. The van der Waals surface area contributed by atoms with Crippen LogP contribution in [0.3, 0.4) is 0 Å². The Morgan fingerprint density at radius 1 is 1.10 bits per heavy atom. The number of piperazine rings is 1. The van der Waals surface area contributed by atoms with Crippen molar-refractivity contribution < 1.29 is 0 Å². The average Bonchev–Trinajstić information content (AvgIpc) is 2.75. The van der Waals surface area contributed by atoms with Crippen molar-refractivity contribution in [2.24, 2.45) is 4.99 Å². The van der Waals surface area contributed by atoms with E-state index in [9.17, 15) is 0 Å². The molecule has 0 amide bonds. The monoisotopic (exact) mass is 515 g/mol. The first-order valence-electron chi connectivity index (χ1n) is 11.1. The van der Waals surface area contributed by atoms with Crippen molar-refractivity contribution in [3.63, 3.8) is 0 Å². The zero-order valence-corrected chi connectivity index (χ0v) is 20.4. The molecule has 0 saturated carbocycles. The van der Waals surface area contributed by atoms with Crippen LogP contribution in [0.2, 0.25) is 0 Å². The summed E-state index contributed by atoms with van der Waals surface area (Å²) in [5.74, 6) is 1.89. The molecule has 1 aromatic rings. The van der Waals surface area contributed by atoms with Crippen molar-refractivity contribution in [3.8, 4) is 0 Å². The third kappa shape index (κ3) is 7.55. The molecule has 3 heterocycles. The lowest BCUT2D eigenvalue weighted by Gasteiger charge is -2.36. The van der Waals surface area contributed by atoms with Crippen LogP contribution in [0.25, 0.3) is 0 Å². The number of nitrogens with zero attached hydrogens (tertiary/aromatic N) is 6. The zero-order chi connectivity index (χ0) is 19.6. The predicted octanol–water partition coefficient (Wildman–Crippen LogP) is 2.84. The minimum atomic E-state index is 0. The molecular weight excluding hydrogens is 477 g/mol. The zero-order valence-electron chi connectivity index (χ0n) is 18.1. The highest BCUT2D eigenvalue weighted by atomic mass is 127. The third-order valence-electron chi connectivity index (χ3n) is 5.80. The number of halogens is 1. The summed E-state index contributed by atoms with van der Waals surface area (Å²) in [6, 6.07) is 2.63. The van der Waals surface area contributed by atoms with Crippen molar-refractivity contribution in [1.82, 2.24) is 25.1 Å². The van der Waals surface area contributed by atoms with Crippen LogP contribution >= 0.6 is 24.0 Å². The number of anilines is 1. The number of rotatable bonds is 7. The molecule has 1 atom stereocenters. The van der Waals surface area contributed by atoms with Crippen LogP contribution in [-0.2, 0) is 0 Å². The Kier molecular flexibility index (Phi) is 11.0. The molecule has 8 heteroatoms. The molecule has 1 aromatic heterocycles. The first-order chi connectivity index (χ1) is 13.8. The molecule has 0 aromatic carbocycles. The van der Waals surface area contributed by atoms with Gasteiger partial charge in [-0.25, -0.2) is 9.97 Å². The quantitative estimate of drug-likeness (QED) is 0.261. The minimum absolute atomic E-state index is 0. The lowest BCUT2D eigenvalue weighted by molar-refractivity contribution is 0.158. The van der Waals surface area contributed by atoms with Gasteiger partial charge in [-0.15, -0.1) is 24.0 Å². The van der Waals surface area contributed by atoms with Gasteiger partial charge in [0.05, 0.1) is 0 Å². The third-order valence-corrected chi connectivity index (χ3v) is 5.80. The average molecular weight is 515 g/mol. The Balaban J connectivity index is 0.00000300. The van der Waals surface area contributed by atoms with Crippen LogP contribution in [0.15, 0.2) is 23.5 Å².